The van der Waals surface area contributed by atoms with Crippen molar-refractivity contribution in [2.45, 2.75) is 28.9 Å². The number of nitrogens with one attached hydrogen (secondary N) is 1. The predicted molar refractivity (Wildman–Crippen MR) is 95.7 cm³/mol. The van der Waals surface area contributed by atoms with Gasteiger partial charge in [-0.25, -0.2) is 13.1 Å². The molecule has 1 aromatic carbocycles. The summed E-state index contributed by atoms with van der Waals surface area (Å²) in [5.74, 6) is -0.339. The summed E-state index contributed by atoms with van der Waals surface area (Å²) in [5.41, 5.74) is 0. The maximum Gasteiger partial charge on any atom is 0.307 e. The Hall–Kier alpha value is -1.09. The van der Waals surface area contributed by atoms with Gasteiger partial charge < -0.3 is 9.64 Å². The lowest BCUT2D eigenvalue weighted by Gasteiger charge is -2.36. The smallest absolute Gasteiger partial charge is 0.307 e. The van der Waals surface area contributed by atoms with Crippen molar-refractivity contribution >= 4 is 28.6 Å². The number of rotatable bonds is 7. The van der Waals surface area contributed by atoms with Crippen LogP contribution >= 0.6 is 12.6 Å². The van der Waals surface area contributed by atoms with Gasteiger partial charge in [0.15, 0.2) is 0 Å². The van der Waals surface area contributed by atoms with Crippen LogP contribution in [0.2, 0.25) is 0 Å². The summed E-state index contributed by atoms with van der Waals surface area (Å²) >= 11 is 4.63. The summed E-state index contributed by atoms with van der Waals surface area (Å²) in [6.07, 6.45) is 1.92. The molecular weight excluding hydrogens is 348 g/mol. The van der Waals surface area contributed by atoms with Gasteiger partial charge >= 0.3 is 5.97 Å². The molecule has 6 nitrogen and oxygen atoms in total. The molecule has 1 heterocycles. The van der Waals surface area contributed by atoms with Crippen LogP contribution in [0.1, 0.15) is 19.3 Å². The maximum atomic E-state index is 12.0. The number of esters is 1. The van der Waals surface area contributed by atoms with Crippen LogP contribution < -0.4 is 4.72 Å². The van der Waals surface area contributed by atoms with Gasteiger partial charge in [0.2, 0.25) is 10.0 Å². The van der Waals surface area contributed by atoms with Crippen molar-refractivity contribution in [3.8, 4) is 0 Å². The fourth-order valence-corrected chi connectivity index (χ4v) is 3.92. The van der Waals surface area contributed by atoms with Crippen molar-refractivity contribution in [3.63, 3.8) is 0 Å². The second-order valence-electron chi connectivity index (χ2n) is 6.14. The van der Waals surface area contributed by atoms with E-state index in [-0.39, 0.29) is 35.2 Å². The maximum absolute atomic E-state index is 12.0. The van der Waals surface area contributed by atoms with E-state index in [4.69, 9.17) is 4.74 Å². The molecule has 0 atom stereocenters. The average molecular weight is 373 g/mol. The van der Waals surface area contributed by atoms with Crippen LogP contribution in [0.3, 0.4) is 0 Å². The molecule has 0 radical (unpaired) electrons. The van der Waals surface area contributed by atoms with Crippen LogP contribution in [0.4, 0.5) is 0 Å². The number of sulfonamides is 1. The number of hydrogen-bond donors (Lipinski definition) is 2. The van der Waals surface area contributed by atoms with Crippen molar-refractivity contribution in [1.29, 1.82) is 0 Å². The second-order valence-corrected chi connectivity index (χ2v) is 8.85. The van der Waals surface area contributed by atoms with E-state index in [1.54, 1.807) is 18.2 Å². The molecule has 134 valence electrons. The first-order valence-corrected chi connectivity index (χ1v) is 9.85. The van der Waals surface area contributed by atoms with E-state index in [0.29, 0.717) is 0 Å². The summed E-state index contributed by atoms with van der Waals surface area (Å²) in [5, 5.41) is 0. The van der Waals surface area contributed by atoms with Crippen LogP contribution in [-0.4, -0.2) is 57.3 Å². The molecule has 1 N–H and O–H groups in total. The normalized spacial score (nSPS) is 18.2. The first-order chi connectivity index (χ1) is 11.3. The molecule has 1 aliphatic heterocycles. The van der Waals surface area contributed by atoms with Gasteiger partial charge in [-0.2, -0.15) is 12.6 Å². The minimum absolute atomic E-state index is 0.00859. The summed E-state index contributed by atoms with van der Waals surface area (Å²) < 4.78 is 31.2. The van der Waals surface area contributed by atoms with Crippen LogP contribution in [0.25, 0.3) is 0 Å². The zero-order chi connectivity index (χ0) is 17.6. The molecule has 0 saturated carbocycles. The first-order valence-electron chi connectivity index (χ1n) is 7.92. The highest BCUT2D eigenvalue weighted by Gasteiger charge is 2.32. The topological polar surface area (TPSA) is 75.7 Å². The Morgan fingerprint density at radius 1 is 1.29 bits per heavy atom. The minimum atomic E-state index is -3.57. The number of thiol groups is 1. The van der Waals surface area contributed by atoms with E-state index >= 15 is 0 Å². The first kappa shape index (κ1) is 19.2. The number of nitrogens with zero attached hydrogens (tertiary/aromatic N) is 1. The zero-order valence-corrected chi connectivity index (χ0v) is 15.5. The molecule has 1 saturated heterocycles. The van der Waals surface area contributed by atoms with Crippen LogP contribution in [0.5, 0.6) is 0 Å². The fourth-order valence-electron chi connectivity index (χ4n) is 2.56. The molecule has 0 bridgehead atoms. The van der Waals surface area contributed by atoms with Gasteiger partial charge in [0, 0.05) is 11.3 Å². The predicted octanol–water partition coefficient (Wildman–Crippen LogP) is 1.29. The highest BCUT2D eigenvalue weighted by molar-refractivity contribution is 7.89. The number of ether oxygens (including phenoxy) is 1. The summed E-state index contributed by atoms with van der Waals surface area (Å²) in [7, 11) is -1.52. The second kappa shape index (κ2) is 8.33. The summed E-state index contributed by atoms with van der Waals surface area (Å²) in [6, 6.07) is 8.08. The van der Waals surface area contributed by atoms with Gasteiger partial charge in [0.25, 0.3) is 0 Å². The molecule has 0 aromatic heterocycles. The largest absolute Gasteiger partial charge is 0.464 e. The van der Waals surface area contributed by atoms with Crippen LogP contribution in [0, 0.1) is 0 Å². The van der Waals surface area contributed by atoms with E-state index in [9.17, 15) is 13.2 Å². The monoisotopic (exact) mass is 372 g/mol. The third-order valence-electron chi connectivity index (χ3n) is 4.10. The Kier molecular flexibility index (Phi) is 6.68. The molecule has 0 unspecified atom stereocenters. The van der Waals surface area contributed by atoms with Gasteiger partial charge in [-0.3, -0.25) is 4.79 Å². The lowest BCUT2D eigenvalue weighted by molar-refractivity contribution is -0.144. The Balaban J connectivity index is 1.71. The Labute approximate surface area is 149 Å². The molecule has 0 spiro atoms. The highest BCUT2D eigenvalue weighted by Crippen LogP contribution is 2.32. The molecule has 0 aliphatic carbocycles. The lowest BCUT2D eigenvalue weighted by atomic mass is 9.92. The Morgan fingerprint density at radius 3 is 2.54 bits per heavy atom. The number of carbonyl (C=O) groups is 1. The minimum Gasteiger partial charge on any atom is -0.464 e. The van der Waals surface area contributed by atoms with E-state index in [0.717, 1.165) is 25.9 Å². The summed E-state index contributed by atoms with van der Waals surface area (Å²) in [4.78, 5) is 14.3. The van der Waals surface area contributed by atoms with Crippen molar-refractivity contribution in [2.75, 3.05) is 33.3 Å². The van der Waals surface area contributed by atoms with Gasteiger partial charge in [-0.1, -0.05) is 18.2 Å². The van der Waals surface area contributed by atoms with Crippen molar-refractivity contribution in [2.24, 2.45) is 0 Å². The highest BCUT2D eigenvalue weighted by atomic mass is 32.2. The molecule has 1 aliphatic rings. The van der Waals surface area contributed by atoms with Crippen molar-refractivity contribution < 1.29 is 17.9 Å². The number of likely N-dealkylation sites (tertiary alicyclic amines) is 1. The number of piperidine rings is 1. The molecule has 1 fully saturated rings. The molecule has 2 rings (SSSR count). The number of carbonyl (C=O) groups excluding carboxylic acids is 1. The van der Waals surface area contributed by atoms with Crippen LogP contribution in [0.15, 0.2) is 35.2 Å². The average Bonchev–Trinajstić information content (AvgIpc) is 2.55. The third-order valence-corrected chi connectivity index (χ3v) is 6.18. The Morgan fingerprint density at radius 2 is 1.92 bits per heavy atom. The van der Waals surface area contributed by atoms with E-state index < -0.39 is 10.0 Å². The van der Waals surface area contributed by atoms with E-state index in [1.165, 1.54) is 12.1 Å². The number of benzene rings is 1. The van der Waals surface area contributed by atoms with Gasteiger partial charge in [0.05, 0.1) is 11.3 Å². The molecule has 8 heteroatoms. The molecule has 0 amide bonds. The SMILES string of the molecule is CN1CCC(S)(CC(=O)OCCNS(=O)(=O)c2ccccc2)CC1. The lowest BCUT2D eigenvalue weighted by Crippen LogP contribution is -2.40. The summed E-state index contributed by atoms with van der Waals surface area (Å²) in [6.45, 7) is 1.88. The van der Waals surface area contributed by atoms with Crippen LogP contribution in [-0.2, 0) is 19.6 Å². The van der Waals surface area contributed by atoms with E-state index in [1.807, 2.05) is 7.05 Å². The quantitative estimate of drug-likeness (QED) is 0.429. The van der Waals surface area contributed by atoms with E-state index in [2.05, 4.69) is 22.3 Å². The third kappa shape index (κ3) is 5.77. The number of hydrogen-bond acceptors (Lipinski definition) is 6. The molecule has 24 heavy (non-hydrogen) atoms. The van der Waals surface area contributed by atoms with Gasteiger partial charge in [-0.05, 0) is 45.1 Å². The van der Waals surface area contributed by atoms with Crippen molar-refractivity contribution in [3.05, 3.63) is 30.3 Å². The molecular formula is C16H24N2O4S2. The van der Waals surface area contributed by atoms with Gasteiger partial charge in [0.1, 0.15) is 6.61 Å². The standard InChI is InChI=1S/C16H24N2O4S2/c1-18-10-7-16(23,8-11-18)13-15(19)22-12-9-17-24(20,21)14-5-3-2-4-6-14/h2-6,17,23H,7-13H2,1H3. The molecule has 1 aromatic rings. The fraction of sp³-hybridized carbons (Fsp3) is 0.562. The zero-order valence-electron chi connectivity index (χ0n) is 13.8. The van der Waals surface area contributed by atoms with Crippen molar-refractivity contribution in [1.82, 2.24) is 9.62 Å². The Bertz CT molecular complexity index is 641. The van der Waals surface area contributed by atoms with Gasteiger partial charge in [-0.15, -0.1) is 0 Å².